The van der Waals surface area contributed by atoms with Crippen molar-refractivity contribution in [2.75, 3.05) is 19.6 Å². The number of rotatable bonds is 7. The van der Waals surface area contributed by atoms with Crippen molar-refractivity contribution in [2.45, 2.75) is 64.3 Å². The van der Waals surface area contributed by atoms with E-state index in [1.165, 1.54) is 58.0 Å². The second-order valence-corrected chi connectivity index (χ2v) is 9.20. The summed E-state index contributed by atoms with van der Waals surface area (Å²) in [7, 11) is 0. The van der Waals surface area contributed by atoms with Crippen molar-refractivity contribution in [3.8, 4) is 5.69 Å². The number of carbonyl (C=O) groups excluding carboxylic acids is 1. The lowest BCUT2D eigenvalue weighted by Crippen LogP contribution is -2.48. The summed E-state index contributed by atoms with van der Waals surface area (Å²) in [6.45, 7) is 5.92. The molecule has 30 heavy (non-hydrogen) atoms. The van der Waals surface area contributed by atoms with E-state index >= 15 is 0 Å². The average molecular weight is 409 g/mol. The van der Waals surface area contributed by atoms with Crippen molar-refractivity contribution in [2.24, 2.45) is 11.8 Å². The minimum atomic E-state index is 0.0617. The van der Waals surface area contributed by atoms with Gasteiger partial charge in [-0.2, -0.15) is 0 Å². The highest BCUT2D eigenvalue weighted by atomic mass is 16.1. The summed E-state index contributed by atoms with van der Waals surface area (Å²) in [6, 6.07) is 8.10. The van der Waals surface area contributed by atoms with Gasteiger partial charge in [0.25, 0.3) is 5.91 Å². The highest BCUT2D eigenvalue weighted by molar-refractivity contribution is 5.94. The first-order valence-corrected chi connectivity index (χ1v) is 11.8. The van der Waals surface area contributed by atoms with Crippen LogP contribution in [0.25, 0.3) is 5.69 Å². The number of hydrogen-bond donors (Lipinski definition) is 1. The summed E-state index contributed by atoms with van der Waals surface area (Å²) in [5, 5.41) is 3.38. The molecule has 2 heterocycles. The van der Waals surface area contributed by atoms with Crippen LogP contribution in [0.1, 0.15) is 68.6 Å². The maximum absolute atomic E-state index is 12.9. The average Bonchev–Trinajstić information content (AvgIpc) is 3.31. The zero-order valence-electron chi connectivity index (χ0n) is 18.3. The second kappa shape index (κ2) is 10.3. The summed E-state index contributed by atoms with van der Waals surface area (Å²) in [6.07, 6.45) is 15.7. The SMILES string of the molecule is CCCC1CCCN(CC2CCCCC2NC(=O)c2ccc(-n3ccnc3)cc2)C1. The van der Waals surface area contributed by atoms with Crippen molar-refractivity contribution in [1.29, 1.82) is 0 Å². The molecule has 2 aliphatic rings. The molecule has 0 spiro atoms. The normalized spacial score (nSPS) is 25.2. The van der Waals surface area contributed by atoms with Crippen molar-refractivity contribution in [1.82, 2.24) is 19.8 Å². The Balaban J connectivity index is 1.35. The largest absolute Gasteiger partial charge is 0.349 e. The number of aromatic nitrogens is 2. The van der Waals surface area contributed by atoms with E-state index in [1.807, 2.05) is 35.0 Å². The molecular formula is C25H36N4O. The zero-order valence-corrected chi connectivity index (χ0v) is 18.3. The minimum absolute atomic E-state index is 0.0617. The molecule has 1 amide bonds. The Morgan fingerprint density at radius 2 is 1.97 bits per heavy atom. The van der Waals surface area contributed by atoms with Gasteiger partial charge in [-0.15, -0.1) is 0 Å². The molecule has 1 N–H and O–H groups in total. The molecule has 1 saturated heterocycles. The number of piperidine rings is 1. The number of amides is 1. The van der Waals surface area contributed by atoms with E-state index in [9.17, 15) is 4.79 Å². The Kier molecular flexibility index (Phi) is 7.21. The van der Waals surface area contributed by atoms with Gasteiger partial charge in [0.2, 0.25) is 0 Å². The van der Waals surface area contributed by atoms with E-state index in [1.54, 1.807) is 12.5 Å². The summed E-state index contributed by atoms with van der Waals surface area (Å²) in [5.41, 5.74) is 1.76. The number of nitrogens with zero attached hydrogens (tertiary/aromatic N) is 3. The minimum Gasteiger partial charge on any atom is -0.349 e. The lowest BCUT2D eigenvalue weighted by atomic mass is 9.83. The smallest absolute Gasteiger partial charge is 0.251 e. The number of likely N-dealkylation sites (tertiary alicyclic amines) is 1. The standard InChI is InChI=1S/C25H36N4O/c1-2-6-20-7-5-15-28(17-20)18-22-8-3-4-9-24(22)27-25(30)21-10-12-23(13-11-21)29-16-14-26-19-29/h10-14,16,19-20,22,24H,2-9,15,17-18H2,1H3,(H,27,30). The molecule has 5 nitrogen and oxygen atoms in total. The molecule has 1 aromatic heterocycles. The molecule has 5 heteroatoms. The Morgan fingerprint density at radius 3 is 2.73 bits per heavy atom. The van der Waals surface area contributed by atoms with E-state index in [0.717, 1.165) is 30.1 Å². The molecule has 0 radical (unpaired) electrons. The van der Waals surface area contributed by atoms with Crippen LogP contribution in [0.4, 0.5) is 0 Å². The monoisotopic (exact) mass is 408 g/mol. The molecule has 3 unspecified atom stereocenters. The molecule has 3 atom stereocenters. The Hall–Kier alpha value is -2.14. The van der Waals surface area contributed by atoms with Gasteiger partial charge in [0.15, 0.2) is 0 Å². The van der Waals surface area contributed by atoms with Crippen LogP contribution in [0, 0.1) is 11.8 Å². The van der Waals surface area contributed by atoms with Crippen LogP contribution in [-0.2, 0) is 0 Å². The van der Waals surface area contributed by atoms with Crippen molar-refractivity contribution in [3.05, 3.63) is 48.5 Å². The maximum atomic E-state index is 12.9. The first kappa shape index (κ1) is 21.1. The third-order valence-electron chi connectivity index (χ3n) is 6.95. The number of imidazole rings is 1. The summed E-state index contributed by atoms with van der Waals surface area (Å²) in [5.74, 6) is 1.51. The fourth-order valence-electron chi connectivity index (χ4n) is 5.36. The summed E-state index contributed by atoms with van der Waals surface area (Å²) in [4.78, 5) is 19.7. The van der Waals surface area contributed by atoms with Crippen LogP contribution in [-0.4, -0.2) is 46.0 Å². The van der Waals surface area contributed by atoms with Gasteiger partial charge in [0, 0.05) is 42.8 Å². The highest BCUT2D eigenvalue weighted by Gasteiger charge is 2.30. The van der Waals surface area contributed by atoms with Gasteiger partial charge in [-0.3, -0.25) is 4.79 Å². The number of carbonyl (C=O) groups is 1. The van der Waals surface area contributed by atoms with E-state index in [0.29, 0.717) is 12.0 Å². The Labute approximate surface area is 180 Å². The molecular weight excluding hydrogens is 372 g/mol. The molecule has 4 rings (SSSR count). The van der Waals surface area contributed by atoms with Crippen LogP contribution in [0.15, 0.2) is 43.0 Å². The first-order chi connectivity index (χ1) is 14.7. The summed E-state index contributed by atoms with van der Waals surface area (Å²) < 4.78 is 1.95. The molecule has 2 aromatic rings. The van der Waals surface area contributed by atoms with Gasteiger partial charge < -0.3 is 14.8 Å². The van der Waals surface area contributed by atoms with Gasteiger partial charge in [-0.05, 0) is 74.8 Å². The molecule has 1 aromatic carbocycles. The van der Waals surface area contributed by atoms with Gasteiger partial charge in [0.1, 0.15) is 0 Å². The first-order valence-electron chi connectivity index (χ1n) is 11.8. The third kappa shape index (κ3) is 5.31. The summed E-state index contributed by atoms with van der Waals surface area (Å²) >= 11 is 0. The topological polar surface area (TPSA) is 50.2 Å². The third-order valence-corrected chi connectivity index (χ3v) is 6.95. The van der Waals surface area contributed by atoms with Crippen LogP contribution >= 0.6 is 0 Å². The number of benzene rings is 1. The van der Waals surface area contributed by atoms with E-state index < -0.39 is 0 Å². The molecule has 1 aliphatic heterocycles. The fourth-order valence-corrected chi connectivity index (χ4v) is 5.36. The van der Waals surface area contributed by atoms with Crippen LogP contribution in [0.5, 0.6) is 0 Å². The van der Waals surface area contributed by atoms with E-state index in [4.69, 9.17) is 0 Å². The van der Waals surface area contributed by atoms with E-state index in [2.05, 4.69) is 22.1 Å². The Morgan fingerprint density at radius 1 is 1.13 bits per heavy atom. The van der Waals surface area contributed by atoms with Crippen molar-refractivity contribution >= 4 is 5.91 Å². The second-order valence-electron chi connectivity index (χ2n) is 9.20. The molecule has 1 aliphatic carbocycles. The number of nitrogens with one attached hydrogen (secondary N) is 1. The van der Waals surface area contributed by atoms with Gasteiger partial charge in [-0.25, -0.2) is 4.98 Å². The van der Waals surface area contributed by atoms with Gasteiger partial charge >= 0.3 is 0 Å². The quantitative estimate of drug-likeness (QED) is 0.724. The predicted octanol–water partition coefficient (Wildman–Crippen LogP) is 4.67. The van der Waals surface area contributed by atoms with Crippen LogP contribution < -0.4 is 5.32 Å². The van der Waals surface area contributed by atoms with E-state index in [-0.39, 0.29) is 5.91 Å². The molecule has 0 bridgehead atoms. The molecule has 2 fully saturated rings. The predicted molar refractivity (Wildman–Crippen MR) is 121 cm³/mol. The number of hydrogen-bond acceptors (Lipinski definition) is 3. The van der Waals surface area contributed by atoms with Crippen molar-refractivity contribution < 1.29 is 4.79 Å². The van der Waals surface area contributed by atoms with Crippen LogP contribution in [0.3, 0.4) is 0 Å². The lowest BCUT2D eigenvalue weighted by molar-refractivity contribution is 0.0853. The van der Waals surface area contributed by atoms with Gasteiger partial charge in [-0.1, -0.05) is 26.2 Å². The van der Waals surface area contributed by atoms with Crippen molar-refractivity contribution in [3.63, 3.8) is 0 Å². The molecule has 162 valence electrons. The fraction of sp³-hybridized carbons (Fsp3) is 0.600. The maximum Gasteiger partial charge on any atom is 0.251 e. The highest BCUT2D eigenvalue weighted by Crippen LogP contribution is 2.28. The van der Waals surface area contributed by atoms with Gasteiger partial charge in [0.05, 0.1) is 6.33 Å². The zero-order chi connectivity index (χ0) is 20.8. The lowest BCUT2D eigenvalue weighted by Gasteiger charge is -2.39. The van der Waals surface area contributed by atoms with Crippen LogP contribution in [0.2, 0.25) is 0 Å². The Bertz CT molecular complexity index is 784. The molecule has 1 saturated carbocycles.